The van der Waals surface area contributed by atoms with E-state index in [-0.39, 0.29) is 0 Å². The number of hydrogen-bond donors (Lipinski definition) is 1. The van der Waals surface area contributed by atoms with Crippen molar-refractivity contribution in [2.75, 3.05) is 26.3 Å². The van der Waals surface area contributed by atoms with Crippen molar-refractivity contribution in [2.45, 2.75) is 33.1 Å². The molecule has 0 fully saturated rings. The summed E-state index contributed by atoms with van der Waals surface area (Å²) in [6.45, 7) is 7.88. The molecular formula is C17H25NO2. The standard InChI is InChI=1S/C17H25NO2/c1-3-8-18-13-14(4-2)11-15-6-7-16-17(12-15)20-10-5-9-19-16/h6-7,11-12,18H,3-5,8-10,13H2,1-2H3. The van der Waals surface area contributed by atoms with Crippen LogP contribution < -0.4 is 14.8 Å². The first-order chi connectivity index (χ1) is 9.83. The molecule has 3 heteroatoms. The summed E-state index contributed by atoms with van der Waals surface area (Å²) in [4.78, 5) is 0. The number of nitrogens with one attached hydrogen (secondary N) is 1. The van der Waals surface area contributed by atoms with Crippen LogP contribution >= 0.6 is 0 Å². The third kappa shape index (κ3) is 4.27. The molecule has 0 saturated carbocycles. The van der Waals surface area contributed by atoms with Crippen molar-refractivity contribution in [1.82, 2.24) is 5.32 Å². The molecule has 3 nitrogen and oxygen atoms in total. The first-order valence-corrected chi connectivity index (χ1v) is 7.63. The molecule has 2 rings (SSSR count). The first-order valence-electron chi connectivity index (χ1n) is 7.63. The molecule has 20 heavy (non-hydrogen) atoms. The summed E-state index contributed by atoms with van der Waals surface area (Å²) in [5.41, 5.74) is 2.59. The zero-order valence-corrected chi connectivity index (χ0v) is 12.6. The lowest BCUT2D eigenvalue weighted by Crippen LogP contribution is -2.17. The second-order valence-corrected chi connectivity index (χ2v) is 5.09. The maximum atomic E-state index is 5.73. The lowest BCUT2D eigenvalue weighted by atomic mass is 10.1. The molecule has 110 valence electrons. The third-order valence-corrected chi connectivity index (χ3v) is 3.38. The van der Waals surface area contributed by atoms with E-state index in [0.717, 1.165) is 50.6 Å². The molecule has 0 radical (unpaired) electrons. The van der Waals surface area contributed by atoms with E-state index in [9.17, 15) is 0 Å². The zero-order chi connectivity index (χ0) is 14.2. The van der Waals surface area contributed by atoms with Crippen molar-refractivity contribution in [3.63, 3.8) is 0 Å². The predicted octanol–water partition coefficient (Wildman–Crippen LogP) is 3.64. The maximum absolute atomic E-state index is 5.73. The fourth-order valence-corrected chi connectivity index (χ4v) is 2.21. The minimum Gasteiger partial charge on any atom is -0.490 e. The Hall–Kier alpha value is -1.48. The Kier molecular flexibility index (Phi) is 5.93. The molecule has 1 aliphatic rings. The predicted molar refractivity (Wildman–Crippen MR) is 83.5 cm³/mol. The van der Waals surface area contributed by atoms with Gasteiger partial charge in [-0.3, -0.25) is 0 Å². The summed E-state index contributed by atoms with van der Waals surface area (Å²) >= 11 is 0. The van der Waals surface area contributed by atoms with Gasteiger partial charge in [-0.05, 0) is 37.1 Å². The second-order valence-electron chi connectivity index (χ2n) is 5.09. The molecule has 1 heterocycles. The Balaban J connectivity index is 2.09. The molecule has 0 bridgehead atoms. The molecule has 0 aromatic heterocycles. The van der Waals surface area contributed by atoms with Gasteiger partial charge >= 0.3 is 0 Å². The van der Waals surface area contributed by atoms with Gasteiger partial charge < -0.3 is 14.8 Å². The van der Waals surface area contributed by atoms with Crippen LogP contribution in [-0.4, -0.2) is 26.3 Å². The van der Waals surface area contributed by atoms with E-state index in [4.69, 9.17) is 9.47 Å². The van der Waals surface area contributed by atoms with Gasteiger partial charge in [0.05, 0.1) is 13.2 Å². The number of benzene rings is 1. The van der Waals surface area contributed by atoms with Crippen molar-refractivity contribution in [2.24, 2.45) is 0 Å². The topological polar surface area (TPSA) is 30.5 Å². The molecule has 1 aromatic rings. The maximum Gasteiger partial charge on any atom is 0.161 e. The summed E-state index contributed by atoms with van der Waals surface area (Å²) in [5, 5.41) is 3.45. The Morgan fingerprint density at radius 3 is 2.75 bits per heavy atom. The summed E-state index contributed by atoms with van der Waals surface area (Å²) < 4.78 is 11.4. The van der Waals surface area contributed by atoms with Crippen molar-refractivity contribution >= 4 is 6.08 Å². The lowest BCUT2D eigenvalue weighted by molar-refractivity contribution is 0.297. The van der Waals surface area contributed by atoms with E-state index in [1.54, 1.807) is 0 Å². The van der Waals surface area contributed by atoms with Crippen molar-refractivity contribution in [3.8, 4) is 11.5 Å². The first kappa shape index (κ1) is 14.9. The smallest absolute Gasteiger partial charge is 0.161 e. The number of ether oxygens (including phenoxy) is 2. The highest BCUT2D eigenvalue weighted by molar-refractivity contribution is 5.58. The molecule has 0 spiro atoms. The van der Waals surface area contributed by atoms with Crippen LogP contribution in [-0.2, 0) is 0 Å². The van der Waals surface area contributed by atoms with Gasteiger partial charge in [-0.25, -0.2) is 0 Å². The molecule has 0 amide bonds. The van der Waals surface area contributed by atoms with E-state index in [0.29, 0.717) is 0 Å². The summed E-state index contributed by atoms with van der Waals surface area (Å²) in [5.74, 6) is 1.73. The Bertz CT molecular complexity index is 454. The number of hydrogen-bond acceptors (Lipinski definition) is 3. The summed E-state index contributed by atoms with van der Waals surface area (Å²) in [6.07, 6.45) is 5.42. The van der Waals surface area contributed by atoms with Crippen LogP contribution in [0.3, 0.4) is 0 Å². The van der Waals surface area contributed by atoms with Crippen LogP contribution in [0.2, 0.25) is 0 Å². The van der Waals surface area contributed by atoms with Crippen molar-refractivity contribution < 1.29 is 9.47 Å². The van der Waals surface area contributed by atoms with E-state index in [2.05, 4.69) is 37.4 Å². The molecule has 0 saturated heterocycles. The van der Waals surface area contributed by atoms with Crippen LogP contribution in [0.5, 0.6) is 11.5 Å². The fourth-order valence-electron chi connectivity index (χ4n) is 2.21. The van der Waals surface area contributed by atoms with Crippen LogP contribution in [0.1, 0.15) is 38.7 Å². The fraction of sp³-hybridized carbons (Fsp3) is 0.529. The van der Waals surface area contributed by atoms with Gasteiger partial charge in [0.1, 0.15) is 0 Å². The SMILES string of the molecule is CCCNCC(=Cc1ccc2c(c1)OCCCO2)CC. The molecule has 1 aromatic carbocycles. The second kappa shape index (κ2) is 7.95. The molecule has 1 aliphatic heterocycles. The average Bonchev–Trinajstić information content (AvgIpc) is 2.71. The van der Waals surface area contributed by atoms with E-state index >= 15 is 0 Å². The minimum atomic E-state index is 0.735. The quantitative estimate of drug-likeness (QED) is 0.804. The molecule has 1 N–H and O–H groups in total. The highest BCUT2D eigenvalue weighted by atomic mass is 16.5. The van der Waals surface area contributed by atoms with Gasteiger partial charge in [-0.15, -0.1) is 0 Å². The van der Waals surface area contributed by atoms with Gasteiger partial charge in [0, 0.05) is 13.0 Å². The van der Waals surface area contributed by atoms with Gasteiger partial charge in [-0.1, -0.05) is 31.6 Å². The van der Waals surface area contributed by atoms with Crippen LogP contribution in [0.4, 0.5) is 0 Å². The molecule has 0 atom stereocenters. The molecular weight excluding hydrogens is 250 g/mol. The number of rotatable bonds is 6. The van der Waals surface area contributed by atoms with Crippen molar-refractivity contribution in [3.05, 3.63) is 29.3 Å². The monoisotopic (exact) mass is 275 g/mol. The van der Waals surface area contributed by atoms with Crippen molar-refractivity contribution in [1.29, 1.82) is 0 Å². The minimum absolute atomic E-state index is 0.735. The molecule has 0 aliphatic carbocycles. The average molecular weight is 275 g/mol. The Morgan fingerprint density at radius 1 is 1.20 bits per heavy atom. The zero-order valence-electron chi connectivity index (χ0n) is 12.6. The number of fused-ring (bicyclic) bond motifs is 1. The van der Waals surface area contributed by atoms with E-state index < -0.39 is 0 Å². The summed E-state index contributed by atoms with van der Waals surface area (Å²) in [6, 6.07) is 6.19. The highest BCUT2D eigenvalue weighted by Gasteiger charge is 2.10. The van der Waals surface area contributed by atoms with E-state index in [1.807, 2.05) is 6.07 Å². The highest BCUT2D eigenvalue weighted by Crippen LogP contribution is 2.31. The third-order valence-electron chi connectivity index (χ3n) is 3.38. The van der Waals surface area contributed by atoms with E-state index in [1.165, 1.54) is 17.6 Å². The lowest BCUT2D eigenvalue weighted by Gasteiger charge is -2.09. The normalized spacial score (nSPS) is 15.0. The van der Waals surface area contributed by atoms with Crippen LogP contribution in [0.25, 0.3) is 6.08 Å². The summed E-state index contributed by atoms with van der Waals surface area (Å²) in [7, 11) is 0. The van der Waals surface area contributed by atoms with Gasteiger partial charge in [-0.2, -0.15) is 0 Å². The van der Waals surface area contributed by atoms with Crippen LogP contribution in [0.15, 0.2) is 23.8 Å². The van der Waals surface area contributed by atoms with Gasteiger partial charge in [0.25, 0.3) is 0 Å². The Morgan fingerprint density at radius 2 is 2.00 bits per heavy atom. The van der Waals surface area contributed by atoms with Gasteiger partial charge in [0.2, 0.25) is 0 Å². The van der Waals surface area contributed by atoms with Gasteiger partial charge in [0.15, 0.2) is 11.5 Å². The molecule has 0 unspecified atom stereocenters. The van der Waals surface area contributed by atoms with Crippen LogP contribution in [0, 0.1) is 0 Å². The largest absolute Gasteiger partial charge is 0.490 e. The Labute approximate surface area is 122 Å².